The second kappa shape index (κ2) is 7.54. The molecule has 1 fully saturated rings. The van der Waals surface area contributed by atoms with Gasteiger partial charge in [-0.15, -0.1) is 5.10 Å². The number of anilines is 1. The second-order valence-electron chi connectivity index (χ2n) is 7.00. The van der Waals surface area contributed by atoms with Crippen molar-refractivity contribution >= 4 is 16.9 Å². The van der Waals surface area contributed by atoms with Gasteiger partial charge >= 0.3 is 0 Å². The van der Waals surface area contributed by atoms with E-state index in [9.17, 15) is 5.11 Å². The van der Waals surface area contributed by atoms with E-state index in [0.29, 0.717) is 11.7 Å². The first-order valence-electron chi connectivity index (χ1n) is 9.33. The average molecular weight is 364 g/mol. The Labute approximate surface area is 158 Å². The molecule has 3 aromatic rings. The summed E-state index contributed by atoms with van der Waals surface area (Å²) in [6.07, 6.45) is 2.87. The largest absolute Gasteiger partial charge is 0.387 e. The van der Waals surface area contributed by atoms with Crippen LogP contribution in [0.25, 0.3) is 11.0 Å². The Kier molecular flexibility index (Phi) is 4.96. The average Bonchev–Trinajstić information content (AvgIpc) is 2.73. The Morgan fingerprint density at radius 1 is 0.889 bits per heavy atom. The number of aliphatic hydroxyl groups is 1. The van der Waals surface area contributed by atoms with Crippen molar-refractivity contribution in [2.24, 2.45) is 0 Å². The molecule has 0 bridgehead atoms. The summed E-state index contributed by atoms with van der Waals surface area (Å²) in [6, 6.07) is 10.4. The molecule has 2 unspecified atom stereocenters. The number of piperazine rings is 1. The third-order valence-corrected chi connectivity index (χ3v) is 5.26. The quantitative estimate of drug-likeness (QED) is 0.761. The van der Waals surface area contributed by atoms with Gasteiger partial charge in [-0.25, -0.2) is 0 Å². The molecule has 0 radical (unpaired) electrons. The van der Waals surface area contributed by atoms with E-state index in [0.717, 1.165) is 43.0 Å². The van der Waals surface area contributed by atoms with Gasteiger partial charge in [-0.1, -0.05) is 6.07 Å². The molecule has 3 heterocycles. The zero-order chi connectivity index (χ0) is 18.8. The Hall–Kier alpha value is -2.64. The summed E-state index contributed by atoms with van der Waals surface area (Å²) < 4.78 is 0. The molecule has 1 aliphatic rings. The van der Waals surface area contributed by atoms with Crippen molar-refractivity contribution in [1.29, 1.82) is 0 Å². The Bertz CT molecular complexity index is 906. The highest BCUT2D eigenvalue weighted by atomic mass is 16.3. The highest BCUT2D eigenvalue weighted by Gasteiger charge is 2.23. The van der Waals surface area contributed by atoms with E-state index in [1.165, 1.54) is 5.56 Å². The molecule has 140 valence electrons. The van der Waals surface area contributed by atoms with Gasteiger partial charge in [0.15, 0.2) is 5.82 Å². The Morgan fingerprint density at radius 3 is 2.30 bits per heavy atom. The molecule has 1 saturated heterocycles. The first-order chi connectivity index (χ1) is 13.1. The maximum atomic E-state index is 9.56. The SMILES string of the molecule is CC(O)c1ccc(N2CCN(C(C)c3ccc4nccnc4c3)CC2)nn1. The predicted molar refractivity (Wildman–Crippen MR) is 104 cm³/mol. The van der Waals surface area contributed by atoms with Crippen LogP contribution < -0.4 is 4.90 Å². The molecule has 0 spiro atoms. The van der Waals surface area contributed by atoms with E-state index < -0.39 is 6.10 Å². The zero-order valence-electron chi connectivity index (χ0n) is 15.7. The fourth-order valence-corrected chi connectivity index (χ4v) is 3.52. The Balaban J connectivity index is 1.41. The number of aromatic nitrogens is 4. The molecule has 4 rings (SSSR count). The van der Waals surface area contributed by atoms with Crippen molar-refractivity contribution in [3.8, 4) is 0 Å². The van der Waals surface area contributed by atoms with Crippen LogP contribution in [0.15, 0.2) is 42.7 Å². The van der Waals surface area contributed by atoms with E-state index in [2.05, 4.69) is 49.0 Å². The lowest BCUT2D eigenvalue weighted by Crippen LogP contribution is -2.47. The van der Waals surface area contributed by atoms with Gasteiger partial charge in [0.2, 0.25) is 0 Å². The van der Waals surface area contributed by atoms with Crippen LogP contribution in [0.4, 0.5) is 5.82 Å². The lowest BCUT2D eigenvalue weighted by molar-refractivity contribution is 0.192. The van der Waals surface area contributed by atoms with Crippen LogP contribution in [0.3, 0.4) is 0 Å². The van der Waals surface area contributed by atoms with Gasteiger partial charge < -0.3 is 10.0 Å². The third kappa shape index (κ3) is 3.74. The highest BCUT2D eigenvalue weighted by Crippen LogP contribution is 2.25. The van der Waals surface area contributed by atoms with Crippen molar-refractivity contribution < 1.29 is 5.11 Å². The van der Waals surface area contributed by atoms with Crippen LogP contribution in [-0.4, -0.2) is 56.4 Å². The van der Waals surface area contributed by atoms with Gasteiger partial charge in [-0.05, 0) is 43.7 Å². The number of fused-ring (bicyclic) bond motifs is 1. The monoisotopic (exact) mass is 364 g/mol. The van der Waals surface area contributed by atoms with Crippen molar-refractivity contribution in [3.63, 3.8) is 0 Å². The Morgan fingerprint density at radius 2 is 1.63 bits per heavy atom. The van der Waals surface area contributed by atoms with Crippen LogP contribution in [-0.2, 0) is 0 Å². The maximum Gasteiger partial charge on any atom is 0.151 e. The molecular weight excluding hydrogens is 340 g/mol. The van der Waals surface area contributed by atoms with E-state index in [-0.39, 0.29) is 0 Å². The lowest BCUT2D eigenvalue weighted by atomic mass is 10.0. The minimum atomic E-state index is -0.587. The van der Waals surface area contributed by atoms with E-state index in [4.69, 9.17) is 0 Å². The number of hydrogen-bond donors (Lipinski definition) is 1. The molecule has 27 heavy (non-hydrogen) atoms. The molecule has 1 aliphatic heterocycles. The molecule has 0 saturated carbocycles. The normalized spacial score (nSPS) is 17.8. The van der Waals surface area contributed by atoms with Crippen LogP contribution in [0.1, 0.15) is 37.3 Å². The van der Waals surface area contributed by atoms with Crippen molar-refractivity contribution in [3.05, 3.63) is 54.0 Å². The summed E-state index contributed by atoms with van der Waals surface area (Å²) in [4.78, 5) is 13.5. The van der Waals surface area contributed by atoms with Crippen molar-refractivity contribution in [2.45, 2.75) is 26.0 Å². The summed E-state index contributed by atoms with van der Waals surface area (Å²) in [5.74, 6) is 0.868. The molecule has 2 aromatic heterocycles. The van der Waals surface area contributed by atoms with Gasteiger partial charge in [-0.2, -0.15) is 5.10 Å². The first kappa shape index (κ1) is 17.8. The molecule has 0 amide bonds. The third-order valence-electron chi connectivity index (χ3n) is 5.26. The van der Waals surface area contributed by atoms with E-state index >= 15 is 0 Å². The van der Waals surface area contributed by atoms with Gasteiger partial charge in [0, 0.05) is 44.6 Å². The fourth-order valence-electron chi connectivity index (χ4n) is 3.52. The molecule has 2 atom stereocenters. The summed E-state index contributed by atoms with van der Waals surface area (Å²) in [5, 5.41) is 17.9. The fraction of sp³-hybridized carbons (Fsp3) is 0.400. The van der Waals surface area contributed by atoms with Crippen LogP contribution in [0.2, 0.25) is 0 Å². The minimum absolute atomic E-state index is 0.322. The number of nitrogens with zero attached hydrogens (tertiary/aromatic N) is 6. The minimum Gasteiger partial charge on any atom is -0.387 e. The van der Waals surface area contributed by atoms with Gasteiger partial charge in [0.1, 0.15) is 0 Å². The highest BCUT2D eigenvalue weighted by molar-refractivity contribution is 5.74. The number of hydrogen-bond acceptors (Lipinski definition) is 7. The topological polar surface area (TPSA) is 78.3 Å². The zero-order valence-corrected chi connectivity index (χ0v) is 15.7. The van der Waals surface area contributed by atoms with Crippen LogP contribution in [0.5, 0.6) is 0 Å². The summed E-state index contributed by atoms with van der Waals surface area (Å²) in [5.41, 5.74) is 3.73. The van der Waals surface area contributed by atoms with Gasteiger partial charge in [0.25, 0.3) is 0 Å². The smallest absolute Gasteiger partial charge is 0.151 e. The van der Waals surface area contributed by atoms with Crippen LogP contribution in [0, 0.1) is 0 Å². The summed E-state index contributed by atoms with van der Waals surface area (Å²) >= 11 is 0. The second-order valence-corrected chi connectivity index (χ2v) is 7.00. The molecular formula is C20H24N6O. The number of rotatable bonds is 4. The van der Waals surface area contributed by atoms with E-state index in [1.807, 2.05) is 18.2 Å². The standard InChI is InChI=1S/C20H24N6O/c1-14(16-3-4-18-19(13-16)22-8-7-21-18)25-9-11-26(12-10-25)20-6-5-17(15(2)27)23-24-20/h3-8,13-15,27H,9-12H2,1-2H3. The maximum absolute atomic E-state index is 9.56. The predicted octanol–water partition coefficient (Wildman–Crippen LogP) is 2.36. The lowest BCUT2D eigenvalue weighted by Gasteiger charge is -2.38. The van der Waals surface area contributed by atoms with Gasteiger partial charge in [-0.3, -0.25) is 14.9 Å². The van der Waals surface area contributed by atoms with Crippen molar-refractivity contribution in [2.75, 3.05) is 31.1 Å². The van der Waals surface area contributed by atoms with Gasteiger partial charge in [0.05, 0.1) is 22.8 Å². The van der Waals surface area contributed by atoms with Crippen molar-refractivity contribution in [1.82, 2.24) is 25.1 Å². The molecule has 7 nitrogen and oxygen atoms in total. The number of benzene rings is 1. The van der Waals surface area contributed by atoms with Crippen LogP contribution >= 0.6 is 0 Å². The number of aliphatic hydroxyl groups excluding tert-OH is 1. The molecule has 7 heteroatoms. The van der Waals surface area contributed by atoms with E-state index in [1.54, 1.807) is 19.3 Å². The summed E-state index contributed by atoms with van der Waals surface area (Å²) in [7, 11) is 0. The molecule has 1 N–H and O–H groups in total. The molecule has 0 aliphatic carbocycles. The first-order valence-corrected chi connectivity index (χ1v) is 9.33. The summed E-state index contributed by atoms with van der Waals surface area (Å²) in [6.45, 7) is 7.66. The molecule has 1 aromatic carbocycles.